The van der Waals surface area contributed by atoms with Gasteiger partial charge in [-0.2, -0.15) is 0 Å². The molecule has 0 bridgehead atoms. The molecule has 1 atom stereocenters. The monoisotopic (exact) mass is 810 g/mol. The zero-order valence-corrected chi connectivity index (χ0v) is 36.5. The number of ether oxygens (including phenoxy) is 2. The van der Waals surface area contributed by atoms with Gasteiger partial charge in [0.25, 0.3) is 0 Å². The highest BCUT2D eigenvalue weighted by Gasteiger charge is 2.36. The SMILES string of the molecule is CCc1ccc(Oc2ccc(C(C)(C)c3ccc(Oc4ccc(C)c(S(=O)O)c4)cc3)cc2)cc1C(O)(c1ccc(N(CC)CC)cc1)c1ccc(N(CC)CC)cc1. The molecule has 0 aliphatic carbocycles. The average Bonchev–Trinajstić information content (AvgIpc) is 3.25. The number of rotatable bonds is 17. The van der Waals surface area contributed by atoms with Gasteiger partial charge in [-0.1, -0.05) is 81.4 Å². The molecule has 0 amide bonds. The normalized spacial score (nSPS) is 12.2. The number of nitrogens with zero attached hydrogens (tertiary/aromatic N) is 2. The average molecular weight is 811 g/mol. The molecule has 2 N–H and O–H groups in total. The summed E-state index contributed by atoms with van der Waals surface area (Å²) in [6.45, 7) is 20.5. The summed E-state index contributed by atoms with van der Waals surface area (Å²) in [6, 6.07) is 44.0. The van der Waals surface area contributed by atoms with Crippen molar-refractivity contribution < 1.29 is 23.3 Å². The van der Waals surface area contributed by atoms with E-state index in [0.29, 0.717) is 27.9 Å². The Bertz CT molecular complexity index is 2280. The predicted molar refractivity (Wildman–Crippen MR) is 243 cm³/mol. The first-order chi connectivity index (χ1) is 28.3. The van der Waals surface area contributed by atoms with Gasteiger partial charge in [-0.25, -0.2) is 4.21 Å². The van der Waals surface area contributed by atoms with E-state index in [1.165, 1.54) is 0 Å². The van der Waals surface area contributed by atoms with Crippen LogP contribution in [0.2, 0.25) is 0 Å². The molecule has 59 heavy (non-hydrogen) atoms. The molecule has 6 rings (SSSR count). The minimum atomic E-state index is -2.09. The molecule has 0 spiro atoms. The molecule has 6 aromatic carbocycles. The Balaban J connectivity index is 1.28. The van der Waals surface area contributed by atoms with Crippen LogP contribution >= 0.6 is 0 Å². The van der Waals surface area contributed by atoms with E-state index in [-0.39, 0.29) is 5.41 Å². The summed E-state index contributed by atoms with van der Waals surface area (Å²) in [5, 5.41) is 13.2. The molecule has 0 aromatic heterocycles. The van der Waals surface area contributed by atoms with Gasteiger partial charge in [0, 0.05) is 43.0 Å². The van der Waals surface area contributed by atoms with Crippen LogP contribution < -0.4 is 19.3 Å². The Morgan fingerprint density at radius 1 is 0.542 bits per heavy atom. The zero-order valence-electron chi connectivity index (χ0n) is 35.7. The van der Waals surface area contributed by atoms with Crippen molar-refractivity contribution >= 4 is 22.5 Å². The molecule has 0 aliphatic heterocycles. The fraction of sp³-hybridized carbons (Fsp3) is 0.294. The maximum atomic E-state index is 13.2. The molecule has 7 nitrogen and oxygen atoms in total. The smallest absolute Gasteiger partial charge is 0.186 e. The third-order valence-corrected chi connectivity index (χ3v) is 12.5. The molecular weight excluding hydrogens is 753 g/mol. The minimum absolute atomic E-state index is 0.323. The number of hydrogen-bond donors (Lipinski definition) is 2. The van der Waals surface area contributed by atoms with Gasteiger partial charge in [-0.15, -0.1) is 0 Å². The van der Waals surface area contributed by atoms with Crippen LogP contribution in [0.4, 0.5) is 11.4 Å². The largest absolute Gasteiger partial charge is 0.457 e. The van der Waals surface area contributed by atoms with Crippen molar-refractivity contribution in [2.75, 3.05) is 36.0 Å². The highest BCUT2D eigenvalue weighted by Crippen LogP contribution is 2.42. The van der Waals surface area contributed by atoms with Crippen molar-refractivity contribution in [3.05, 3.63) is 172 Å². The van der Waals surface area contributed by atoms with Crippen molar-refractivity contribution in [3.63, 3.8) is 0 Å². The molecule has 0 radical (unpaired) electrons. The van der Waals surface area contributed by atoms with Crippen LogP contribution in [0.3, 0.4) is 0 Å². The molecule has 0 aliphatic rings. The summed E-state index contributed by atoms with van der Waals surface area (Å²) in [4.78, 5) is 4.95. The molecule has 0 heterocycles. The van der Waals surface area contributed by atoms with E-state index in [9.17, 15) is 13.9 Å². The van der Waals surface area contributed by atoms with Gasteiger partial charge in [-0.3, -0.25) is 0 Å². The second-order valence-corrected chi connectivity index (χ2v) is 16.3. The Labute approximate surface area is 353 Å². The minimum Gasteiger partial charge on any atom is -0.457 e. The second-order valence-electron chi connectivity index (χ2n) is 15.4. The maximum absolute atomic E-state index is 13.2. The Kier molecular flexibility index (Phi) is 13.7. The van der Waals surface area contributed by atoms with Gasteiger partial charge in [0.2, 0.25) is 0 Å². The van der Waals surface area contributed by atoms with Crippen LogP contribution in [-0.2, 0) is 28.5 Å². The lowest BCUT2D eigenvalue weighted by molar-refractivity contribution is 0.124. The highest BCUT2D eigenvalue weighted by atomic mass is 32.2. The van der Waals surface area contributed by atoms with Crippen LogP contribution in [0.15, 0.2) is 138 Å². The number of benzene rings is 6. The van der Waals surface area contributed by atoms with Gasteiger partial charge < -0.3 is 28.9 Å². The number of anilines is 2. The first-order valence-corrected chi connectivity index (χ1v) is 21.8. The summed E-state index contributed by atoms with van der Waals surface area (Å²) in [5.74, 6) is 2.48. The lowest BCUT2D eigenvalue weighted by atomic mass is 9.77. The molecule has 8 heteroatoms. The second kappa shape index (κ2) is 18.7. The number of aliphatic hydroxyl groups is 1. The van der Waals surface area contributed by atoms with Crippen molar-refractivity contribution in [2.24, 2.45) is 0 Å². The van der Waals surface area contributed by atoms with Crippen molar-refractivity contribution in [3.8, 4) is 23.0 Å². The van der Waals surface area contributed by atoms with E-state index >= 15 is 0 Å². The first-order valence-electron chi connectivity index (χ1n) is 20.7. The topological polar surface area (TPSA) is 82.5 Å². The van der Waals surface area contributed by atoms with E-state index in [1.54, 1.807) is 25.1 Å². The third-order valence-electron chi connectivity index (χ3n) is 11.7. The summed E-state index contributed by atoms with van der Waals surface area (Å²) in [7, 11) is 0. The van der Waals surface area contributed by atoms with Gasteiger partial charge in [-0.05, 0) is 153 Å². The van der Waals surface area contributed by atoms with Crippen molar-refractivity contribution in [1.82, 2.24) is 0 Å². The molecule has 6 aromatic rings. The van der Waals surface area contributed by atoms with Crippen molar-refractivity contribution in [2.45, 2.75) is 77.7 Å². The van der Waals surface area contributed by atoms with Gasteiger partial charge >= 0.3 is 0 Å². The lowest BCUT2D eigenvalue weighted by Crippen LogP contribution is -2.31. The van der Waals surface area contributed by atoms with Crippen LogP contribution in [0.25, 0.3) is 0 Å². The lowest BCUT2D eigenvalue weighted by Gasteiger charge is -2.33. The summed E-state index contributed by atoms with van der Waals surface area (Å²) >= 11 is -2.09. The van der Waals surface area contributed by atoms with E-state index in [0.717, 1.165) is 82.9 Å². The third kappa shape index (κ3) is 9.26. The molecule has 308 valence electrons. The van der Waals surface area contributed by atoms with Gasteiger partial charge in [0.1, 0.15) is 28.6 Å². The van der Waals surface area contributed by atoms with E-state index in [2.05, 4.69) is 125 Å². The molecule has 0 saturated heterocycles. The van der Waals surface area contributed by atoms with E-state index in [4.69, 9.17) is 9.47 Å². The van der Waals surface area contributed by atoms with E-state index in [1.807, 2.05) is 48.5 Å². The van der Waals surface area contributed by atoms with E-state index < -0.39 is 16.7 Å². The van der Waals surface area contributed by atoms with Crippen LogP contribution in [0.5, 0.6) is 23.0 Å². The molecule has 0 saturated carbocycles. The summed E-state index contributed by atoms with van der Waals surface area (Å²) < 4.78 is 33.9. The van der Waals surface area contributed by atoms with Gasteiger partial charge in [0.15, 0.2) is 11.1 Å². The highest BCUT2D eigenvalue weighted by molar-refractivity contribution is 7.79. The fourth-order valence-corrected chi connectivity index (χ4v) is 8.46. The fourth-order valence-electron chi connectivity index (χ4n) is 7.90. The number of aryl methyl sites for hydroxylation is 2. The summed E-state index contributed by atoms with van der Waals surface area (Å²) in [5.41, 5.74) is 6.87. The van der Waals surface area contributed by atoms with Crippen LogP contribution in [-0.4, -0.2) is 40.0 Å². The quantitative estimate of drug-likeness (QED) is 0.0701. The molecular formula is C51H58N2O5S. The maximum Gasteiger partial charge on any atom is 0.186 e. The first kappa shape index (κ1) is 43.2. The zero-order chi connectivity index (χ0) is 42.3. The Morgan fingerprint density at radius 3 is 1.34 bits per heavy atom. The molecule has 1 unspecified atom stereocenters. The summed E-state index contributed by atoms with van der Waals surface area (Å²) in [6.07, 6.45) is 0.739. The number of hydrogen-bond acceptors (Lipinski definition) is 6. The van der Waals surface area contributed by atoms with Crippen LogP contribution in [0, 0.1) is 6.92 Å². The van der Waals surface area contributed by atoms with Gasteiger partial charge in [0.05, 0.1) is 4.90 Å². The molecule has 0 fully saturated rings. The van der Waals surface area contributed by atoms with Crippen molar-refractivity contribution in [1.29, 1.82) is 0 Å². The van der Waals surface area contributed by atoms with Crippen LogP contribution in [0.1, 0.15) is 87.4 Å². The Morgan fingerprint density at radius 2 is 0.932 bits per heavy atom. The predicted octanol–water partition coefficient (Wildman–Crippen LogP) is 12.0. The standard InChI is InChI=1S/C51H58N2O5S/c1-9-37-15-29-46(34-48(37)51(54,40-16-24-42(25-17-40)52(10-2)11-3)41-18-26-43(27-19-41)53(12-4)13-5)57-44-30-20-38(21-31-44)50(7,8)39-22-32-45(33-23-39)58-47-28-14-36(6)49(35-47)59(55)56/h14-35,54H,9-13H2,1-8H3,(H,55,56). The Hall–Kier alpha value is -5.41.